The molecule has 2 aromatic carbocycles. The molecule has 4 rings (SSSR count). The summed E-state index contributed by atoms with van der Waals surface area (Å²) in [6, 6.07) is 16.2. The van der Waals surface area contributed by atoms with Crippen LogP contribution in [0.1, 0.15) is 24.0 Å². The van der Waals surface area contributed by atoms with E-state index >= 15 is 0 Å². The highest BCUT2D eigenvalue weighted by Gasteiger charge is 2.46. The summed E-state index contributed by atoms with van der Waals surface area (Å²) < 4.78 is 46.6. The zero-order chi connectivity index (χ0) is 20.5. The van der Waals surface area contributed by atoms with Crippen LogP contribution in [0.15, 0.2) is 54.6 Å². The Labute approximate surface area is 167 Å². The minimum Gasteiger partial charge on any atom is -0.406 e. The monoisotopic (exact) mass is 407 g/mol. The Bertz CT molecular complexity index is 796. The number of ether oxygens (including phenoxy) is 2. The van der Waals surface area contributed by atoms with Gasteiger partial charge in [0.15, 0.2) is 0 Å². The molecule has 0 spiro atoms. The van der Waals surface area contributed by atoms with Gasteiger partial charge in [-0.25, -0.2) is 0 Å². The number of nitrogens with zero attached hydrogens (tertiary/aromatic N) is 1. The molecule has 7 heteroatoms. The summed E-state index contributed by atoms with van der Waals surface area (Å²) >= 11 is 0. The Morgan fingerprint density at radius 1 is 0.966 bits per heavy atom. The van der Waals surface area contributed by atoms with Crippen molar-refractivity contribution in [3.05, 3.63) is 65.7 Å². The lowest BCUT2D eigenvalue weighted by atomic mass is 9.77. The zero-order valence-electron chi connectivity index (χ0n) is 15.9. The highest BCUT2D eigenvalue weighted by molar-refractivity contribution is 5.29. The van der Waals surface area contributed by atoms with Crippen molar-refractivity contribution < 1.29 is 27.8 Å². The second kappa shape index (κ2) is 7.97. The van der Waals surface area contributed by atoms with Crippen LogP contribution in [0.25, 0.3) is 0 Å². The summed E-state index contributed by atoms with van der Waals surface area (Å²) in [5, 5.41) is 11.3. The third-order valence-electron chi connectivity index (χ3n) is 5.69. The van der Waals surface area contributed by atoms with Crippen LogP contribution in [0.5, 0.6) is 5.75 Å². The third-order valence-corrected chi connectivity index (χ3v) is 5.69. The van der Waals surface area contributed by atoms with Gasteiger partial charge in [0.1, 0.15) is 5.75 Å². The quantitative estimate of drug-likeness (QED) is 0.816. The van der Waals surface area contributed by atoms with E-state index < -0.39 is 12.0 Å². The molecule has 0 aromatic heterocycles. The van der Waals surface area contributed by atoms with E-state index in [1.807, 2.05) is 18.2 Å². The van der Waals surface area contributed by atoms with Gasteiger partial charge in [0.2, 0.25) is 0 Å². The molecule has 2 unspecified atom stereocenters. The largest absolute Gasteiger partial charge is 0.573 e. The number of aliphatic hydroxyl groups is 1. The van der Waals surface area contributed by atoms with Crippen molar-refractivity contribution in [2.24, 2.45) is 0 Å². The number of fused-ring (bicyclic) bond motifs is 2. The topological polar surface area (TPSA) is 41.9 Å². The van der Waals surface area contributed by atoms with Crippen molar-refractivity contribution in [3.63, 3.8) is 0 Å². The zero-order valence-corrected chi connectivity index (χ0v) is 15.9. The van der Waals surface area contributed by atoms with Crippen LogP contribution in [-0.4, -0.2) is 47.3 Å². The fraction of sp³-hybridized carbons (Fsp3) is 0.455. The first-order valence-electron chi connectivity index (χ1n) is 9.74. The Balaban J connectivity index is 1.43. The standard InChI is InChI=1S/C22H24F3NO3/c23-22(24,25)29-20-8-6-16(7-9-20)10-21(27)11-18-14-28-15-19(12-21)26(18)13-17-4-2-1-3-5-17/h1-9,18-19,27H,10-15H2. The maximum Gasteiger partial charge on any atom is 0.573 e. The predicted molar refractivity (Wildman–Crippen MR) is 101 cm³/mol. The number of hydrogen-bond donors (Lipinski definition) is 1. The van der Waals surface area contributed by atoms with Gasteiger partial charge >= 0.3 is 6.36 Å². The smallest absolute Gasteiger partial charge is 0.406 e. The fourth-order valence-corrected chi connectivity index (χ4v) is 4.53. The van der Waals surface area contributed by atoms with Crippen molar-refractivity contribution >= 4 is 0 Å². The minimum atomic E-state index is -4.71. The van der Waals surface area contributed by atoms with Crippen LogP contribution < -0.4 is 4.74 Å². The number of hydrogen-bond acceptors (Lipinski definition) is 4. The SMILES string of the molecule is OC1(Cc2ccc(OC(F)(F)F)cc2)CC2COCC(C1)N2Cc1ccccc1. The van der Waals surface area contributed by atoms with E-state index in [1.165, 1.54) is 17.7 Å². The molecule has 29 heavy (non-hydrogen) atoms. The molecule has 2 fully saturated rings. The Morgan fingerprint density at radius 2 is 1.59 bits per heavy atom. The van der Waals surface area contributed by atoms with E-state index in [0.29, 0.717) is 32.5 Å². The molecule has 0 amide bonds. The van der Waals surface area contributed by atoms with E-state index in [1.54, 1.807) is 12.1 Å². The van der Waals surface area contributed by atoms with Crippen molar-refractivity contribution in [2.45, 2.75) is 49.9 Å². The lowest BCUT2D eigenvalue weighted by Crippen LogP contribution is -2.61. The first-order chi connectivity index (χ1) is 13.8. The Kier molecular flexibility index (Phi) is 5.55. The van der Waals surface area contributed by atoms with Gasteiger partial charge in [-0.2, -0.15) is 0 Å². The molecule has 2 saturated heterocycles. The van der Waals surface area contributed by atoms with Gasteiger partial charge in [0.05, 0.1) is 18.8 Å². The lowest BCUT2D eigenvalue weighted by molar-refractivity contribution is -0.274. The third kappa shape index (κ3) is 5.10. The van der Waals surface area contributed by atoms with E-state index in [0.717, 1.165) is 12.1 Å². The number of morpholine rings is 1. The molecule has 4 nitrogen and oxygen atoms in total. The average Bonchev–Trinajstić information content (AvgIpc) is 2.64. The number of piperidine rings is 1. The van der Waals surface area contributed by atoms with Crippen molar-refractivity contribution in [2.75, 3.05) is 13.2 Å². The Morgan fingerprint density at radius 3 is 2.17 bits per heavy atom. The second-order valence-electron chi connectivity index (χ2n) is 8.00. The summed E-state index contributed by atoms with van der Waals surface area (Å²) in [7, 11) is 0. The summed E-state index contributed by atoms with van der Waals surface area (Å²) in [4.78, 5) is 2.41. The van der Waals surface area contributed by atoms with Crippen LogP contribution in [0.2, 0.25) is 0 Å². The normalized spacial score (nSPS) is 27.6. The number of benzene rings is 2. The molecule has 2 heterocycles. The fourth-order valence-electron chi connectivity index (χ4n) is 4.53. The highest BCUT2D eigenvalue weighted by Crippen LogP contribution is 2.37. The van der Waals surface area contributed by atoms with Gasteiger partial charge in [-0.05, 0) is 36.1 Å². The number of halogens is 3. The highest BCUT2D eigenvalue weighted by atomic mass is 19.4. The summed E-state index contributed by atoms with van der Waals surface area (Å²) in [6.45, 7) is 1.97. The van der Waals surface area contributed by atoms with Crippen LogP contribution in [0, 0.1) is 0 Å². The van der Waals surface area contributed by atoms with Crippen LogP contribution in [-0.2, 0) is 17.7 Å². The first kappa shape index (κ1) is 20.2. The maximum atomic E-state index is 12.3. The molecule has 2 aromatic rings. The molecule has 1 N–H and O–H groups in total. The maximum absolute atomic E-state index is 12.3. The molecule has 2 atom stereocenters. The predicted octanol–water partition coefficient (Wildman–Crippen LogP) is 3.92. The molecule has 0 radical (unpaired) electrons. The van der Waals surface area contributed by atoms with E-state index in [9.17, 15) is 18.3 Å². The van der Waals surface area contributed by atoms with Gasteiger partial charge in [0, 0.05) is 25.0 Å². The molecular formula is C22H24F3NO3. The van der Waals surface area contributed by atoms with Crippen molar-refractivity contribution in [1.82, 2.24) is 4.90 Å². The van der Waals surface area contributed by atoms with Gasteiger partial charge < -0.3 is 14.6 Å². The first-order valence-corrected chi connectivity index (χ1v) is 9.74. The molecule has 156 valence electrons. The van der Waals surface area contributed by atoms with E-state index in [-0.39, 0.29) is 17.8 Å². The minimum absolute atomic E-state index is 0.112. The number of rotatable bonds is 5. The van der Waals surface area contributed by atoms with Crippen LogP contribution in [0.3, 0.4) is 0 Å². The molecule has 2 bridgehead atoms. The number of alkyl halides is 3. The van der Waals surface area contributed by atoms with Gasteiger partial charge in [-0.15, -0.1) is 13.2 Å². The van der Waals surface area contributed by atoms with Crippen molar-refractivity contribution in [3.8, 4) is 5.75 Å². The van der Waals surface area contributed by atoms with Gasteiger partial charge in [-0.1, -0.05) is 42.5 Å². The van der Waals surface area contributed by atoms with Crippen LogP contribution in [0.4, 0.5) is 13.2 Å². The summed E-state index contributed by atoms with van der Waals surface area (Å²) in [5.41, 5.74) is 1.12. The van der Waals surface area contributed by atoms with Gasteiger partial charge in [0.25, 0.3) is 0 Å². The molecule has 0 aliphatic carbocycles. The summed E-state index contributed by atoms with van der Waals surface area (Å²) in [5.74, 6) is -0.254. The van der Waals surface area contributed by atoms with E-state index in [2.05, 4.69) is 21.8 Å². The molecular weight excluding hydrogens is 383 g/mol. The Hall–Kier alpha value is -2.09. The summed E-state index contributed by atoms with van der Waals surface area (Å²) in [6.07, 6.45) is -3.18. The van der Waals surface area contributed by atoms with Gasteiger partial charge in [-0.3, -0.25) is 4.90 Å². The average molecular weight is 407 g/mol. The van der Waals surface area contributed by atoms with Crippen LogP contribution >= 0.6 is 0 Å². The van der Waals surface area contributed by atoms with Crippen molar-refractivity contribution in [1.29, 1.82) is 0 Å². The second-order valence-corrected chi connectivity index (χ2v) is 8.00. The lowest BCUT2D eigenvalue weighted by Gasteiger charge is -2.52. The molecule has 0 saturated carbocycles. The molecule has 2 aliphatic rings. The van der Waals surface area contributed by atoms with E-state index in [4.69, 9.17) is 4.74 Å². The molecule has 2 aliphatic heterocycles.